The molecule has 4 saturated heterocycles. The van der Waals surface area contributed by atoms with Gasteiger partial charge in [0.05, 0.1) is 38.0 Å². The first-order valence-electron chi connectivity index (χ1n) is 22.8. The van der Waals surface area contributed by atoms with Crippen molar-refractivity contribution in [1.29, 1.82) is 0 Å². The molecule has 0 bridgehead atoms. The number of nitrogens with zero attached hydrogens (tertiary/aromatic N) is 6. The van der Waals surface area contributed by atoms with Crippen LogP contribution in [0.1, 0.15) is 62.3 Å². The summed E-state index contributed by atoms with van der Waals surface area (Å²) in [5, 5.41) is 15.0. The molecule has 66 heavy (non-hydrogen) atoms. The SMILES string of the molecule is COC(=O)N[C@H](C(=O)N1[C@H](c2ncc(-c3ccc(-c4ccc5cc(-c6cnc([C@@H]7CCN(C)N7C(=O)[C@@H](NC(=O)OC)C7CCOCC7)[nH]6)ccc5c4)cc3)[nH]2)CCN1C)C1CCOCC1. The van der Waals surface area contributed by atoms with E-state index in [4.69, 9.17) is 28.9 Å². The smallest absolute Gasteiger partial charge is 0.407 e. The number of alkyl carbamates (subject to hydrolysis) is 2. The summed E-state index contributed by atoms with van der Waals surface area (Å²) in [5.41, 5.74) is 5.77. The molecule has 9 rings (SSSR count). The van der Waals surface area contributed by atoms with Gasteiger partial charge >= 0.3 is 12.2 Å². The van der Waals surface area contributed by atoms with E-state index in [1.165, 1.54) is 14.2 Å². The van der Waals surface area contributed by atoms with Gasteiger partial charge in [0.1, 0.15) is 35.8 Å². The molecular formula is C48H58N10O8. The van der Waals surface area contributed by atoms with Crippen molar-refractivity contribution in [3.05, 3.63) is 84.7 Å². The zero-order valence-corrected chi connectivity index (χ0v) is 37.8. The predicted molar refractivity (Wildman–Crippen MR) is 244 cm³/mol. The van der Waals surface area contributed by atoms with Crippen molar-refractivity contribution in [2.75, 3.05) is 67.8 Å². The van der Waals surface area contributed by atoms with Crippen molar-refractivity contribution < 1.29 is 38.1 Å². The topological polar surface area (TPSA) is 200 Å². The molecule has 4 atom stereocenters. The quantitative estimate of drug-likeness (QED) is 0.124. The Morgan fingerprint density at radius 1 is 0.591 bits per heavy atom. The molecule has 4 N–H and O–H groups in total. The van der Waals surface area contributed by atoms with E-state index >= 15 is 0 Å². The molecule has 6 heterocycles. The number of carbonyl (C=O) groups excluding carboxylic acids is 4. The number of hydrogen-bond acceptors (Lipinski definition) is 12. The van der Waals surface area contributed by atoms with Crippen molar-refractivity contribution in [2.24, 2.45) is 11.8 Å². The van der Waals surface area contributed by atoms with Crippen molar-refractivity contribution in [3.63, 3.8) is 0 Å². The molecule has 4 amide bonds. The number of fused-ring (bicyclic) bond motifs is 1. The third-order valence-electron chi connectivity index (χ3n) is 13.7. The maximum atomic E-state index is 14.2. The molecule has 348 valence electrons. The first-order valence-corrected chi connectivity index (χ1v) is 22.8. The summed E-state index contributed by atoms with van der Waals surface area (Å²) >= 11 is 0. The van der Waals surface area contributed by atoms with Crippen LogP contribution in [0.4, 0.5) is 9.59 Å². The number of carbonyl (C=O) groups is 4. The number of imidazole rings is 2. The van der Waals surface area contributed by atoms with Gasteiger partial charge in [0.2, 0.25) is 0 Å². The van der Waals surface area contributed by atoms with Crippen LogP contribution in [0.3, 0.4) is 0 Å². The number of aromatic nitrogens is 4. The predicted octanol–water partition coefficient (Wildman–Crippen LogP) is 5.83. The summed E-state index contributed by atoms with van der Waals surface area (Å²) < 4.78 is 20.9. The average molecular weight is 903 g/mol. The number of ether oxygens (including phenoxy) is 4. The highest BCUT2D eigenvalue weighted by molar-refractivity contribution is 5.91. The number of benzene rings is 3. The van der Waals surface area contributed by atoms with Crippen LogP contribution in [0.5, 0.6) is 0 Å². The third kappa shape index (κ3) is 9.22. The number of aromatic amines is 2. The molecule has 18 nitrogen and oxygen atoms in total. The van der Waals surface area contributed by atoms with Crippen LogP contribution in [-0.4, -0.2) is 144 Å². The number of hydrogen-bond donors (Lipinski definition) is 4. The largest absolute Gasteiger partial charge is 0.453 e. The Morgan fingerprint density at radius 2 is 1.00 bits per heavy atom. The average Bonchev–Trinajstić information content (AvgIpc) is 4.19. The molecule has 4 aliphatic rings. The summed E-state index contributed by atoms with van der Waals surface area (Å²) in [6.45, 7) is 3.48. The summed E-state index contributed by atoms with van der Waals surface area (Å²) in [5.74, 6) is 0.847. The number of rotatable bonds is 11. The van der Waals surface area contributed by atoms with Crippen LogP contribution in [0.2, 0.25) is 0 Å². The van der Waals surface area contributed by atoms with Gasteiger partial charge in [-0.2, -0.15) is 0 Å². The molecule has 3 aromatic carbocycles. The molecule has 5 aromatic rings. The minimum absolute atomic E-state index is 0.0685. The maximum absolute atomic E-state index is 14.2. The van der Waals surface area contributed by atoms with Crippen molar-refractivity contribution >= 4 is 34.8 Å². The summed E-state index contributed by atoms with van der Waals surface area (Å²) in [6, 6.07) is 18.9. The van der Waals surface area contributed by atoms with Crippen LogP contribution in [-0.2, 0) is 28.5 Å². The van der Waals surface area contributed by atoms with E-state index in [1.54, 1.807) is 16.2 Å². The van der Waals surface area contributed by atoms with Crippen molar-refractivity contribution in [3.8, 4) is 33.6 Å². The Morgan fingerprint density at radius 3 is 1.47 bits per heavy atom. The zero-order valence-electron chi connectivity index (χ0n) is 37.8. The van der Waals surface area contributed by atoms with Gasteiger partial charge in [-0.05, 0) is 90.0 Å². The highest BCUT2D eigenvalue weighted by Crippen LogP contribution is 2.37. The fourth-order valence-corrected chi connectivity index (χ4v) is 9.96. The van der Waals surface area contributed by atoms with E-state index in [1.807, 2.05) is 30.3 Å². The standard InChI is InChI=1S/C48H58N10O8/c1-55-19-13-39(57(55)45(59)41(53-47(61)63-3)31-15-21-65-22-16-31)43-49-27-37(51-43)30-7-5-29(6-8-30)33-9-10-35-26-36(12-11-34(35)25-33)38-28-50-44(52-38)40-14-20-56(2)58(40)46(60)42(54-48(62)64-4)32-17-23-66-24-18-32/h5-12,25-28,31-32,39-42H,13-24H2,1-4H3,(H,49,51)(H,50,52)(H,53,61)(H,54,62)/t39-,40-,41-,42-/m0/s1. The third-order valence-corrected chi connectivity index (χ3v) is 13.7. The van der Waals surface area contributed by atoms with Gasteiger partial charge < -0.3 is 39.5 Å². The minimum atomic E-state index is -0.746. The molecule has 0 unspecified atom stereocenters. The Labute approximate surface area is 383 Å². The Hall–Kier alpha value is -6.34. The molecular weight excluding hydrogens is 845 g/mol. The summed E-state index contributed by atoms with van der Waals surface area (Å²) in [4.78, 5) is 69.6. The second kappa shape index (κ2) is 19.6. The number of amides is 4. The molecule has 18 heteroatoms. The lowest BCUT2D eigenvalue weighted by Gasteiger charge is -2.36. The van der Waals surface area contributed by atoms with E-state index in [0.29, 0.717) is 89.7 Å². The van der Waals surface area contributed by atoms with Crippen molar-refractivity contribution in [2.45, 2.75) is 62.7 Å². The lowest BCUT2D eigenvalue weighted by molar-refractivity contribution is -0.151. The highest BCUT2D eigenvalue weighted by atomic mass is 16.5. The molecule has 4 aliphatic heterocycles. The van der Waals surface area contributed by atoms with Gasteiger partial charge in [-0.15, -0.1) is 0 Å². The highest BCUT2D eigenvalue weighted by Gasteiger charge is 2.44. The Bertz CT molecular complexity index is 2530. The fraction of sp³-hybridized carbons (Fsp3) is 0.458. The van der Waals surface area contributed by atoms with Crippen LogP contribution in [0.15, 0.2) is 73.1 Å². The van der Waals surface area contributed by atoms with E-state index in [9.17, 15) is 19.2 Å². The fourth-order valence-electron chi connectivity index (χ4n) is 9.96. The normalized spacial score (nSPS) is 20.9. The number of methoxy groups -OCH3 is 2. The Kier molecular flexibility index (Phi) is 13.3. The first kappa shape index (κ1) is 44.8. The molecule has 0 radical (unpaired) electrons. The minimum Gasteiger partial charge on any atom is -0.453 e. The number of nitrogens with one attached hydrogen (secondary N) is 4. The van der Waals surface area contributed by atoms with Gasteiger partial charge in [0, 0.05) is 59.2 Å². The lowest BCUT2D eigenvalue weighted by atomic mass is 9.90. The van der Waals surface area contributed by atoms with E-state index in [0.717, 1.165) is 44.4 Å². The van der Waals surface area contributed by atoms with E-state index < -0.39 is 24.3 Å². The summed E-state index contributed by atoms with van der Waals surface area (Å²) in [6.07, 6.45) is 6.40. The van der Waals surface area contributed by atoms with Crippen LogP contribution >= 0.6 is 0 Å². The van der Waals surface area contributed by atoms with Crippen LogP contribution < -0.4 is 10.6 Å². The van der Waals surface area contributed by atoms with Gasteiger partial charge in [-0.1, -0.05) is 48.5 Å². The summed E-state index contributed by atoms with van der Waals surface area (Å²) in [7, 11) is 6.37. The maximum Gasteiger partial charge on any atom is 0.407 e. The molecule has 0 saturated carbocycles. The molecule has 0 aliphatic carbocycles. The van der Waals surface area contributed by atoms with Gasteiger partial charge in [-0.3, -0.25) is 19.6 Å². The molecule has 4 fully saturated rings. The molecule has 0 spiro atoms. The van der Waals surface area contributed by atoms with Crippen molar-refractivity contribution in [1.82, 2.24) is 50.6 Å². The van der Waals surface area contributed by atoms with Crippen LogP contribution in [0, 0.1) is 11.8 Å². The van der Waals surface area contributed by atoms with Gasteiger partial charge in [0.15, 0.2) is 0 Å². The van der Waals surface area contributed by atoms with Gasteiger partial charge in [-0.25, -0.2) is 29.6 Å². The lowest BCUT2D eigenvalue weighted by Crippen LogP contribution is -2.55. The van der Waals surface area contributed by atoms with Gasteiger partial charge in [0.25, 0.3) is 11.8 Å². The monoisotopic (exact) mass is 902 g/mol. The second-order valence-corrected chi connectivity index (χ2v) is 17.6. The second-order valence-electron chi connectivity index (χ2n) is 17.6. The van der Waals surface area contributed by atoms with E-state index in [2.05, 4.69) is 81.3 Å². The first-order chi connectivity index (χ1) is 32.1. The Balaban J connectivity index is 0.876. The zero-order chi connectivity index (χ0) is 45.9. The number of hydrazine groups is 2. The van der Waals surface area contributed by atoms with Crippen LogP contribution in [0.25, 0.3) is 44.4 Å². The molecule has 2 aromatic heterocycles. The van der Waals surface area contributed by atoms with E-state index in [-0.39, 0.29) is 35.7 Å². The number of H-pyrrole nitrogens is 2.